The monoisotopic (exact) mass is 189 g/mol. The highest BCUT2D eigenvalue weighted by atomic mass is 32.2. The van der Waals surface area contributed by atoms with Gasteiger partial charge in [-0.25, -0.2) is 8.42 Å². The SMILES string of the molecule is CC(C#N)CC(C)(C)S(C)(=O)=O. The summed E-state index contributed by atoms with van der Waals surface area (Å²) < 4.78 is 21.6. The molecule has 3 nitrogen and oxygen atoms in total. The lowest BCUT2D eigenvalue weighted by molar-refractivity contribution is 0.495. The average molecular weight is 189 g/mol. The van der Waals surface area contributed by atoms with E-state index in [1.54, 1.807) is 20.8 Å². The second-order valence-corrected chi connectivity index (χ2v) is 6.42. The summed E-state index contributed by atoms with van der Waals surface area (Å²) in [5.74, 6) is -0.213. The van der Waals surface area contributed by atoms with Crippen LogP contribution in [0.2, 0.25) is 0 Å². The molecule has 0 amide bonds. The largest absolute Gasteiger partial charge is 0.229 e. The van der Waals surface area contributed by atoms with Gasteiger partial charge in [-0.05, 0) is 27.2 Å². The minimum atomic E-state index is -3.06. The maximum atomic E-state index is 11.2. The molecule has 0 aliphatic carbocycles. The Morgan fingerprint density at radius 2 is 1.92 bits per heavy atom. The molecule has 0 aromatic rings. The number of hydrogen-bond acceptors (Lipinski definition) is 3. The fourth-order valence-electron chi connectivity index (χ4n) is 0.934. The zero-order chi connectivity index (χ0) is 9.99. The third-order valence-electron chi connectivity index (χ3n) is 2.02. The normalized spacial score (nSPS) is 15.2. The predicted molar refractivity (Wildman–Crippen MR) is 48.3 cm³/mol. The van der Waals surface area contributed by atoms with Crippen molar-refractivity contribution in [3.8, 4) is 6.07 Å². The average Bonchev–Trinajstić information content (AvgIpc) is 1.84. The summed E-state index contributed by atoms with van der Waals surface area (Å²) in [7, 11) is -3.06. The highest BCUT2D eigenvalue weighted by molar-refractivity contribution is 7.92. The van der Waals surface area contributed by atoms with Crippen LogP contribution in [0.3, 0.4) is 0 Å². The van der Waals surface area contributed by atoms with E-state index < -0.39 is 14.6 Å². The number of nitriles is 1. The lowest BCUT2D eigenvalue weighted by Gasteiger charge is -2.23. The second-order valence-electron chi connectivity index (χ2n) is 3.77. The van der Waals surface area contributed by atoms with Crippen LogP contribution in [0, 0.1) is 17.2 Å². The molecule has 0 spiro atoms. The summed E-state index contributed by atoms with van der Waals surface area (Å²) in [5, 5.41) is 8.52. The van der Waals surface area contributed by atoms with E-state index in [-0.39, 0.29) is 5.92 Å². The van der Waals surface area contributed by atoms with Crippen molar-refractivity contribution < 1.29 is 8.42 Å². The van der Waals surface area contributed by atoms with Gasteiger partial charge in [0.25, 0.3) is 0 Å². The molecule has 1 unspecified atom stereocenters. The zero-order valence-corrected chi connectivity index (χ0v) is 8.77. The van der Waals surface area contributed by atoms with Crippen LogP contribution < -0.4 is 0 Å². The molecule has 0 saturated carbocycles. The standard InChI is InChI=1S/C8H15NO2S/c1-7(6-9)5-8(2,3)12(4,10)11/h7H,5H2,1-4H3. The van der Waals surface area contributed by atoms with Crippen LogP contribution in [0.25, 0.3) is 0 Å². The fourth-order valence-corrected chi connectivity index (χ4v) is 1.49. The van der Waals surface area contributed by atoms with Crippen LogP contribution in [-0.2, 0) is 9.84 Å². The van der Waals surface area contributed by atoms with Gasteiger partial charge in [-0.15, -0.1) is 0 Å². The van der Waals surface area contributed by atoms with E-state index >= 15 is 0 Å². The molecular weight excluding hydrogens is 174 g/mol. The Morgan fingerprint density at radius 3 is 2.17 bits per heavy atom. The van der Waals surface area contributed by atoms with Gasteiger partial charge in [0.05, 0.1) is 10.8 Å². The second kappa shape index (κ2) is 3.44. The highest BCUT2D eigenvalue weighted by Gasteiger charge is 2.31. The van der Waals surface area contributed by atoms with E-state index in [0.717, 1.165) is 0 Å². The Hall–Kier alpha value is -0.560. The first-order chi connectivity index (χ1) is 5.20. The van der Waals surface area contributed by atoms with E-state index in [2.05, 4.69) is 0 Å². The Bertz CT molecular complexity index is 285. The maximum absolute atomic E-state index is 11.2. The van der Waals surface area contributed by atoms with Crippen molar-refractivity contribution in [3.63, 3.8) is 0 Å². The van der Waals surface area contributed by atoms with E-state index in [0.29, 0.717) is 6.42 Å². The Labute approximate surface area is 74.3 Å². The van der Waals surface area contributed by atoms with Crippen LogP contribution in [0.15, 0.2) is 0 Å². The number of sulfone groups is 1. The summed E-state index contributed by atoms with van der Waals surface area (Å²) in [6.45, 7) is 5.03. The summed E-state index contributed by atoms with van der Waals surface area (Å²) in [6, 6.07) is 2.03. The molecule has 0 saturated heterocycles. The third kappa shape index (κ3) is 2.82. The van der Waals surface area contributed by atoms with Gasteiger partial charge in [-0.3, -0.25) is 0 Å². The van der Waals surface area contributed by atoms with E-state index in [9.17, 15) is 8.42 Å². The summed E-state index contributed by atoms with van der Waals surface area (Å²) in [5.41, 5.74) is 0. The Morgan fingerprint density at radius 1 is 1.50 bits per heavy atom. The predicted octanol–water partition coefficient (Wildman–Crippen LogP) is 1.36. The number of rotatable bonds is 3. The molecule has 0 N–H and O–H groups in total. The van der Waals surface area contributed by atoms with Crippen molar-refractivity contribution in [2.75, 3.05) is 6.26 Å². The van der Waals surface area contributed by atoms with E-state index in [1.807, 2.05) is 6.07 Å². The van der Waals surface area contributed by atoms with Crippen LogP contribution in [0.5, 0.6) is 0 Å². The minimum Gasteiger partial charge on any atom is -0.229 e. The number of hydrogen-bond donors (Lipinski definition) is 0. The molecular formula is C8H15NO2S. The summed E-state index contributed by atoms with van der Waals surface area (Å²) in [6.07, 6.45) is 1.60. The molecule has 0 aromatic carbocycles. The van der Waals surface area contributed by atoms with Crippen LogP contribution in [-0.4, -0.2) is 19.4 Å². The topological polar surface area (TPSA) is 57.9 Å². The van der Waals surface area contributed by atoms with Gasteiger partial charge in [0, 0.05) is 12.2 Å². The molecule has 0 aliphatic heterocycles. The molecule has 4 heteroatoms. The van der Waals surface area contributed by atoms with Crippen LogP contribution >= 0.6 is 0 Å². The van der Waals surface area contributed by atoms with Crippen molar-refractivity contribution >= 4 is 9.84 Å². The molecule has 0 rings (SSSR count). The quantitative estimate of drug-likeness (QED) is 0.673. The summed E-state index contributed by atoms with van der Waals surface area (Å²) >= 11 is 0. The van der Waals surface area contributed by atoms with Gasteiger partial charge in [0.15, 0.2) is 9.84 Å². The molecule has 0 aliphatic rings. The van der Waals surface area contributed by atoms with Gasteiger partial charge in [0.2, 0.25) is 0 Å². The summed E-state index contributed by atoms with van der Waals surface area (Å²) in [4.78, 5) is 0. The highest BCUT2D eigenvalue weighted by Crippen LogP contribution is 2.23. The van der Waals surface area contributed by atoms with Gasteiger partial charge in [0.1, 0.15) is 0 Å². The first-order valence-corrected chi connectivity index (χ1v) is 5.69. The first-order valence-electron chi connectivity index (χ1n) is 3.80. The Kier molecular flexibility index (Phi) is 3.28. The molecule has 0 fully saturated rings. The van der Waals surface area contributed by atoms with Gasteiger partial charge in [-0.1, -0.05) is 0 Å². The lowest BCUT2D eigenvalue weighted by atomic mass is 10.00. The molecule has 70 valence electrons. The fraction of sp³-hybridized carbons (Fsp3) is 0.875. The molecule has 0 heterocycles. The maximum Gasteiger partial charge on any atom is 0.152 e. The molecule has 0 bridgehead atoms. The smallest absolute Gasteiger partial charge is 0.152 e. The molecule has 12 heavy (non-hydrogen) atoms. The van der Waals surface area contributed by atoms with Crippen molar-refractivity contribution in [2.24, 2.45) is 5.92 Å². The van der Waals surface area contributed by atoms with E-state index in [4.69, 9.17) is 5.26 Å². The zero-order valence-electron chi connectivity index (χ0n) is 7.96. The Balaban J connectivity index is 4.58. The van der Waals surface area contributed by atoms with Gasteiger partial charge >= 0.3 is 0 Å². The van der Waals surface area contributed by atoms with E-state index in [1.165, 1.54) is 6.26 Å². The molecule has 0 aromatic heterocycles. The van der Waals surface area contributed by atoms with Crippen molar-refractivity contribution in [3.05, 3.63) is 0 Å². The van der Waals surface area contributed by atoms with Gasteiger partial charge < -0.3 is 0 Å². The van der Waals surface area contributed by atoms with Gasteiger partial charge in [-0.2, -0.15) is 5.26 Å². The van der Waals surface area contributed by atoms with Crippen LogP contribution in [0.4, 0.5) is 0 Å². The number of nitrogens with zero attached hydrogens (tertiary/aromatic N) is 1. The molecule has 0 radical (unpaired) electrons. The minimum absolute atomic E-state index is 0.213. The lowest BCUT2D eigenvalue weighted by Crippen LogP contribution is -2.32. The van der Waals surface area contributed by atoms with Crippen molar-refractivity contribution in [2.45, 2.75) is 31.9 Å². The van der Waals surface area contributed by atoms with Crippen molar-refractivity contribution in [1.29, 1.82) is 5.26 Å². The van der Waals surface area contributed by atoms with Crippen LogP contribution in [0.1, 0.15) is 27.2 Å². The first kappa shape index (κ1) is 11.4. The van der Waals surface area contributed by atoms with Crippen molar-refractivity contribution in [1.82, 2.24) is 0 Å². The molecule has 1 atom stereocenters. The third-order valence-corrected chi connectivity index (χ3v) is 4.20.